The van der Waals surface area contributed by atoms with Crippen LogP contribution < -0.4 is 10.0 Å². The monoisotopic (exact) mass is 400 g/mol. The summed E-state index contributed by atoms with van der Waals surface area (Å²) in [7, 11) is -3.54. The van der Waals surface area contributed by atoms with Crippen LogP contribution in [0.25, 0.3) is 5.82 Å². The molecule has 2 heterocycles. The molecule has 0 spiro atoms. The third-order valence-electron chi connectivity index (χ3n) is 4.22. The summed E-state index contributed by atoms with van der Waals surface area (Å²) in [5.74, 6) is 1.20. The summed E-state index contributed by atoms with van der Waals surface area (Å²) in [5, 5.41) is 15.7. The van der Waals surface area contributed by atoms with Crippen LogP contribution in [0.3, 0.4) is 0 Å². The van der Waals surface area contributed by atoms with Crippen LogP contribution in [0.2, 0.25) is 0 Å². The Bertz CT molecular complexity index is 1070. The van der Waals surface area contributed by atoms with Crippen molar-refractivity contribution in [1.82, 2.24) is 24.7 Å². The average Bonchev–Trinajstić information content (AvgIpc) is 2.97. The fraction of sp³-hybridized carbons (Fsp3) is 0.316. The predicted molar refractivity (Wildman–Crippen MR) is 108 cm³/mol. The Morgan fingerprint density at radius 1 is 0.964 bits per heavy atom. The molecule has 3 aromatic rings. The molecule has 9 heteroatoms. The number of nitrogens with one attached hydrogen (secondary N) is 2. The van der Waals surface area contributed by atoms with Crippen molar-refractivity contribution in [1.29, 1.82) is 0 Å². The van der Waals surface area contributed by atoms with Gasteiger partial charge in [0, 0.05) is 18.8 Å². The van der Waals surface area contributed by atoms with Crippen molar-refractivity contribution in [3.05, 3.63) is 58.9 Å². The lowest BCUT2D eigenvalue weighted by molar-refractivity contribution is 0.582. The molecule has 2 aromatic heterocycles. The minimum atomic E-state index is -3.54. The van der Waals surface area contributed by atoms with E-state index in [0.717, 1.165) is 22.5 Å². The van der Waals surface area contributed by atoms with Gasteiger partial charge in [-0.25, -0.2) is 17.8 Å². The number of rotatable bonds is 7. The Kier molecular flexibility index (Phi) is 5.76. The van der Waals surface area contributed by atoms with E-state index in [1.807, 2.05) is 39.0 Å². The molecule has 8 nitrogen and oxygen atoms in total. The number of sulfonamides is 1. The van der Waals surface area contributed by atoms with Crippen molar-refractivity contribution >= 4 is 15.8 Å². The predicted octanol–water partition coefficient (Wildman–Crippen LogP) is 2.29. The third-order valence-corrected chi connectivity index (χ3v) is 5.84. The van der Waals surface area contributed by atoms with Gasteiger partial charge in [-0.05, 0) is 57.5 Å². The van der Waals surface area contributed by atoms with Crippen LogP contribution in [0.1, 0.15) is 22.5 Å². The van der Waals surface area contributed by atoms with E-state index in [-0.39, 0.29) is 6.54 Å². The van der Waals surface area contributed by atoms with Gasteiger partial charge in [0.15, 0.2) is 5.82 Å². The number of nitrogens with zero attached hydrogens (tertiary/aromatic N) is 4. The van der Waals surface area contributed by atoms with Crippen LogP contribution in [0.4, 0.5) is 5.82 Å². The molecule has 148 valence electrons. The maximum absolute atomic E-state index is 12.4. The molecule has 1 aromatic carbocycles. The fourth-order valence-electron chi connectivity index (χ4n) is 2.95. The molecule has 0 unspecified atom stereocenters. The van der Waals surface area contributed by atoms with Gasteiger partial charge in [0.2, 0.25) is 10.0 Å². The molecule has 0 atom stereocenters. The lowest BCUT2D eigenvalue weighted by Gasteiger charge is -2.11. The molecule has 0 amide bonds. The quantitative estimate of drug-likeness (QED) is 0.590. The largest absolute Gasteiger partial charge is 0.367 e. The van der Waals surface area contributed by atoms with Crippen molar-refractivity contribution < 1.29 is 8.42 Å². The van der Waals surface area contributed by atoms with Gasteiger partial charge in [-0.1, -0.05) is 17.7 Å². The average molecular weight is 401 g/mol. The molecular formula is C19H24N6O2S. The highest BCUT2D eigenvalue weighted by Gasteiger charge is 2.15. The van der Waals surface area contributed by atoms with Crippen LogP contribution in [-0.4, -0.2) is 41.5 Å². The summed E-state index contributed by atoms with van der Waals surface area (Å²) in [4.78, 5) is 0.298. The standard InChI is InChI=1S/C19H24N6O2S/c1-13-5-6-17(14(2)11-13)28(26,27)21-10-9-20-18-7-8-19(23-22-18)25-16(4)12-15(3)24-25/h5-8,11-12,21H,9-10H2,1-4H3,(H,20,22). The number of anilines is 1. The SMILES string of the molecule is Cc1ccc(S(=O)(=O)NCCNc2ccc(-n3nc(C)cc3C)nn2)c(C)c1. The smallest absolute Gasteiger partial charge is 0.240 e. The molecule has 0 saturated carbocycles. The van der Waals surface area contributed by atoms with E-state index >= 15 is 0 Å². The highest BCUT2D eigenvalue weighted by atomic mass is 32.2. The van der Waals surface area contributed by atoms with Gasteiger partial charge in [0.25, 0.3) is 0 Å². The molecular weight excluding hydrogens is 376 g/mol. The molecule has 2 N–H and O–H groups in total. The Morgan fingerprint density at radius 2 is 1.75 bits per heavy atom. The maximum atomic E-state index is 12.4. The number of hydrogen-bond donors (Lipinski definition) is 2. The molecule has 0 bridgehead atoms. The minimum absolute atomic E-state index is 0.233. The Morgan fingerprint density at radius 3 is 2.36 bits per heavy atom. The summed E-state index contributed by atoms with van der Waals surface area (Å²) in [6, 6.07) is 10.8. The van der Waals surface area contributed by atoms with Gasteiger partial charge in [-0.15, -0.1) is 10.2 Å². The first-order chi connectivity index (χ1) is 13.3. The van der Waals surface area contributed by atoms with E-state index in [1.165, 1.54) is 0 Å². The molecule has 0 saturated heterocycles. The first-order valence-corrected chi connectivity index (χ1v) is 10.4. The van der Waals surface area contributed by atoms with E-state index in [4.69, 9.17) is 0 Å². The maximum Gasteiger partial charge on any atom is 0.240 e. The van der Waals surface area contributed by atoms with Crippen molar-refractivity contribution in [2.45, 2.75) is 32.6 Å². The third kappa shape index (κ3) is 4.55. The summed E-state index contributed by atoms with van der Waals surface area (Å²) in [6.07, 6.45) is 0. The van der Waals surface area contributed by atoms with Crippen LogP contribution in [0.15, 0.2) is 41.3 Å². The zero-order chi connectivity index (χ0) is 20.3. The van der Waals surface area contributed by atoms with Crippen molar-refractivity contribution in [2.24, 2.45) is 0 Å². The molecule has 0 aliphatic carbocycles. The molecule has 3 rings (SSSR count). The Balaban J connectivity index is 1.56. The second-order valence-corrected chi connectivity index (χ2v) is 8.44. The van der Waals surface area contributed by atoms with E-state index in [9.17, 15) is 8.42 Å². The Labute approximate surface area is 165 Å². The number of aryl methyl sites for hydroxylation is 4. The van der Waals surface area contributed by atoms with E-state index in [0.29, 0.717) is 23.1 Å². The highest BCUT2D eigenvalue weighted by molar-refractivity contribution is 7.89. The molecule has 0 fully saturated rings. The number of aromatic nitrogens is 4. The van der Waals surface area contributed by atoms with Gasteiger partial charge < -0.3 is 5.32 Å². The van der Waals surface area contributed by atoms with Crippen LogP contribution >= 0.6 is 0 Å². The minimum Gasteiger partial charge on any atom is -0.367 e. The molecule has 0 radical (unpaired) electrons. The summed E-state index contributed by atoms with van der Waals surface area (Å²) < 4.78 is 29.2. The number of hydrogen-bond acceptors (Lipinski definition) is 6. The van der Waals surface area contributed by atoms with Crippen molar-refractivity contribution in [3.63, 3.8) is 0 Å². The van der Waals surface area contributed by atoms with Crippen molar-refractivity contribution in [3.8, 4) is 5.82 Å². The molecule has 28 heavy (non-hydrogen) atoms. The van der Waals surface area contributed by atoms with Crippen LogP contribution in [-0.2, 0) is 10.0 Å². The lowest BCUT2D eigenvalue weighted by atomic mass is 10.2. The van der Waals surface area contributed by atoms with Gasteiger partial charge in [-0.3, -0.25) is 0 Å². The van der Waals surface area contributed by atoms with Crippen LogP contribution in [0, 0.1) is 27.7 Å². The fourth-order valence-corrected chi connectivity index (χ4v) is 4.20. The second-order valence-electron chi connectivity index (χ2n) is 6.71. The van der Waals surface area contributed by atoms with E-state index in [1.54, 1.807) is 29.8 Å². The zero-order valence-corrected chi connectivity index (χ0v) is 17.2. The zero-order valence-electron chi connectivity index (χ0n) is 16.4. The van der Waals surface area contributed by atoms with Crippen LogP contribution in [0.5, 0.6) is 0 Å². The van der Waals surface area contributed by atoms with E-state index in [2.05, 4.69) is 25.3 Å². The summed E-state index contributed by atoms with van der Waals surface area (Å²) in [6.45, 7) is 8.22. The lowest BCUT2D eigenvalue weighted by Crippen LogP contribution is -2.29. The summed E-state index contributed by atoms with van der Waals surface area (Å²) in [5.41, 5.74) is 3.65. The molecule has 0 aliphatic heterocycles. The normalized spacial score (nSPS) is 11.6. The van der Waals surface area contributed by atoms with Gasteiger partial charge in [0.05, 0.1) is 10.6 Å². The van der Waals surface area contributed by atoms with Gasteiger partial charge in [-0.2, -0.15) is 5.10 Å². The second kappa shape index (κ2) is 8.07. The van der Waals surface area contributed by atoms with Gasteiger partial charge in [0.1, 0.15) is 5.82 Å². The number of benzene rings is 1. The van der Waals surface area contributed by atoms with Gasteiger partial charge >= 0.3 is 0 Å². The van der Waals surface area contributed by atoms with Crippen molar-refractivity contribution in [2.75, 3.05) is 18.4 Å². The topological polar surface area (TPSA) is 102 Å². The Hall–Kier alpha value is -2.78. The summed E-state index contributed by atoms with van der Waals surface area (Å²) >= 11 is 0. The first kappa shape index (κ1) is 20.0. The first-order valence-electron chi connectivity index (χ1n) is 8.94. The highest BCUT2D eigenvalue weighted by Crippen LogP contribution is 2.16. The van der Waals surface area contributed by atoms with E-state index < -0.39 is 10.0 Å². The molecule has 0 aliphatic rings.